The zero-order chi connectivity index (χ0) is 14.3. The van der Waals surface area contributed by atoms with Gasteiger partial charge in [0.1, 0.15) is 0 Å². The molecule has 1 amide bonds. The first-order valence-corrected chi connectivity index (χ1v) is 6.40. The largest absolute Gasteiger partial charge is 0.493 e. The topological polar surface area (TPSA) is 73.6 Å². The molecule has 0 aliphatic rings. The lowest BCUT2D eigenvalue weighted by molar-refractivity contribution is -0.117. The number of methoxy groups -OCH3 is 2. The van der Waals surface area contributed by atoms with Gasteiger partial charge in [-0.05, 0) is 18.6 Å². The fourth-order valence-electron chi connectivity index (χ4n) is 1.70. The van der Waals surface area contributed by atoms with Crippen LogP contribution in [0.4, 0.5) is 5.69 Å². The van der Waals surface area contributed by atoms with Gasteiger partial charge in [-0.15, -0.1) is 0 Å². The highest BCUT2D eigenvalue weighted by Gasteiger charge is 2.13. The van der Waals surface area contributed by atoms with Crippen LogP contribution in [0.2, 0.25) is 0 Å². The number of amides is 1. The third kappa shape index (κ3) is 4.44. The molecule has 1 aromatic rings. The van der Waals surface area contributed by atoms with Crippen molar-refractivity contribution in [1.29, 1.82) is 0 Å². The second kappa shape index (κ2) is 7.63. The molecule has 19 heavy (non-hydrogen) atoms. The first kappa shape index (κ1) is 15.3. The number of hydrogen-bond donors (Lipinski definition) is 2. The summed E-state index contributed by atoms with van der Waals surface area (Å²) in [5.41, 5.74) is 6.46. The van der Waals surface area contributed by atoms with Crippen LogP contribution in [-0.2, 0) is 4.79 Å². The molecule has 0 spiro atoms. The number of anilines is 1. The molecule has 1 aromatic carbocycles. The fourth-order valence-corrected chi connectivity index (χ4v) is 1.70. The van der Waals surface area contributed by atoms with Crippen LogP contribution >= 0.6 is 0 Å². The van der Waals surface area contributed by atoms with Crippen LogP contribution in [0.5, 0.6) is 11.5 Å². The van der Waals surface area contributed by atoms with Crippen LogP contribution in [0.15, 0.2) is 18.2 Å². The van der Waals surface area contributed by atoms with Gasteiger partial charge in [-0.1, -0.05) is 19.8 Å². The third-order valence-electron chi connectivity index (χ3n) is 2.86. The predicted octanol–water partition coefficient (Wildman–Crippen LogP) is 2.16. The Kier molecular flexibility index (Phi) is 6.15. The highest BCUT2D eigenvalue weighted by Crippen LogP contribution is 2.29. The average Bonchev–Trinajstić information content (AvgIpc) is 2.44. The van der Waals surface area contributed by atoms with Crippen molar-refractivity contribution < 1.29 is 14.3 Å². The van der Waals surface area contributed by atoms with Gasteiger partial charge in [0.05, 0.1) is 20.3 Å². The van der Waals surface area contributed by atoms with Crippen molar-refractivity contribution in [3.8, 4) is 11.5 Å². The van der Waals surface area contributed by atoms with Crippen molar-refractivity contribution in [3.63, 3.8) is 0 Å². The second-order valence-corrected chi connectivity index (χ2v) is 4.31. The van der Waals surface area contributed by atoms with Crippen molar-refractivity contribution in [2.45, 2.75) is 32.2 Å². The number of carbonyl (C=O) groups excluding carboxylic acids is 1. The van der Waals surface area contributed by atoms with E-state index in [-0.39, 0.29) is 5.91 Å². The Hall–Kier alpha value is -1.75. The minimum atomic E-state index is -0.479. The van der Waals surface area contributed by atoms with Gasteiger partial charge in [0.25, 0.3) is 0 Å². The molecule has 0 radical (unpaired) electrons. The lowest BCUT2D eigenvalue weighted by atomic mass is 10.1. The zero-order valence-corrected chi connectivity index (χ0v) is 11.7. The molecule has 0 fully saturated rings. The first-order valence-electron chi connectivity index (χ1n) is 6.40. The van der Waals surface area contributed by atoms with Gasteiger partial charge in [0.2, 0.25) is 5.91 Å². The summed E-state index contributed by atoms with van der Waals surface area (Å²) in [6.07, 6.45) is 2.66. The number of benzene rings is 1. The summed E-state index contributed by atoms with van der Waals surface area (Å²) in [5, 5.41) is 2.78. The van der Waals surface area contributed by atoms with E-state index < -0.39 is 6.04 Å². The Morgan fingerprint density at radius 3 is 2.58 bits per heavy atom. The lowest BCUT2D eigenvalue weighted by Gasteiger charge is -2.13. The standard InChI is InChI=1S/C14H22N2O3/c1-4-5-6-11(15)14(17)16-10-7-8-12(18-2)13(9-10)19-3/h7-9,11H,4-6,15H2,1-3H3,(H,16,17). The van der Waals surface area contributed by atoms with E-state index in [9.17, 15) is 4.79 Å². The zero-order valence-electron chi connectivity index (χ0n) is 11.7. The van der Waals surface area contributed by atoms with Crippen LogP contribution < -0.4 is 20.5 Å². The van der Waals surface area contributed by atoms with E-state index in [4.69, 9.17) is 15.2 Å². The molecule has 0 bridgehead atoms. The molecule has 5 heteroatoms. The summed E-state index contributed by atoms with van der Waals surface area (Å²) in [6.45, 7) is 2.07. The summed E-state index contributed by atoms with van der Waals surface area (Å²) in [6, 6.07) is 4.73. The SMILES string of the molecule is CCCCC(N)C(=O)Nc1ccc(OC)c(OC)c1. The summed E-state index contributed by atoms with van der Waals surface area (Å²) >= 11 is 0. The maximum atomic E-state index is 11.9. The Balaban J connectivity index is 2.69. The number of nitrogens with one attached hydrogen (secondary N) is 1. The molecule has 0 aromatic heterocycles. The van der Waals surface area contributed by atoms with Gasteiger partial charge < -0.3 is 20.5 Å². The highest BCUT2D eigenvalue weighted by molar-refractivity contribution is 5.94. The average molecular weight is 266 g/mol. The Labute approximate surface area is 114 Å². The molecule has 0 heterocycles. The monoisotopic (exact) mass is 266 g/mol. The molecule has 0 aliphatic heterocycles. The Morgan fingerprint density at radius 1 is 1.32 bits per heavy atom. The van der Waals surface area contributed by atoms with Crippen molar-refractivity contribution >= 4 is 11.6 Å². The molecule has 0 saturated carbocycles. The van der Waals surface area contributed by atoms with Crippen LogP contribution in [0.1, 0.15) is 26.2 Å². The van der Waals surface area contributed by atoms with E-state index in [1.807, 2.05) is 0 Å². The summed E-state index contributed by atoms with van der Waals surface area (Å²) < 4.78 is 10.3. The summed E-state index contributed by atoms with van der Waals surface area (Å²) in [5.74, 6) is 1.01. The van der Waals surface area contributed by atoms with Gasteiger partial charge in [-0.3, -0.25) is 4.79 Å². The van der Waals surface area contributed by atoms with Crippen LogP contribution in [0.25, 0.3) is 0 Å². The maximum Gasteiger partial charge on any atom is 0.241 e. The molecule has 0 saturated heterocycles. The van der Waals surface area contributed by atoms with Crippen LogP contribution in [0, 0.1) is 0 Å². The van der Waals surface area contributed by atoms with Crippen molar-refractivity contribution in [1.82, 2.24) is 0 Å². The quantitative estimate of drug-likeness (QED) is 0.793. The van der Waals surface area contributed by atoms with Gasteiger partial charge in [0, 0.05) is 11.8 Å². The van der Waals surface area contributed by atoms with Crippen molar-refractivity contribution in [2.24, 2.45) is 5.73 Å². The summed E-state index contributed by atoms with van der Waals surface area (Å²) in [4.78, 5) is 11.9. The molecule has 3 N–H and O–H groups in total. The van der Waals surface area contributed by atoms with Gasteiger partial charge in [-0.25, -0.2) is 0 Å². The van der Waals surface area contributed by atoms with E-state index >= 15 is 0 Å². The first-order chi connectivity index (χ1) is 9.12. The number of unbranched alkanes of at least 4 members (excludes halogenated alkanes) is 1. The molecule has 5 nitrogen and oxygen atoms in total. The number of nitrogens with two attached hydrogens (primary N) is 1. The molecule has 1 unspecified atom stereocenters. The van der Waals surface area contributed by atoms with E-state index in [1.165, 1.54) is 0 Å². The van der Waals surface area contributed by atoms with E-state index in [2.05, 4.69) is 12.2 Å². The van der Waals surface area contributed by atoms with Crippen molar-refractivity contribution in [3.05, 3.63) is 18.2 Å². The minimum absolute atomic E-state index is 0.180. The molecular weight excluding hydrogens is 244 g/mol. The van der Waals surface area contributed by atoms with Crippen LogP contribution in [-0.4, -0.2) is 26.2 Å². The minimum Gasteiger partial charge on any atom is -0.493 e. The summed E-state index contributed by atoms with van der Waals surface area (Å²) in [7, 11) is 3.12. The number of hydrogen-bond acceptors (Lipinski definition) is 4. The Bertz CT molecular complexity index is 421. The van der Waals surface area contributed by atoms with Gasteiger partial charge in [-0.2, -0.15) is 0 Å². The molecule has 1 atom stereocenters. The van der Waals surface area contributed by atoms with Crippen LogP contribution in [0.3, 0.4) is 0 Å². The van der Waals surface area contributed by atoms with Gasteiger partial charge >= 0.3 is 0 Å². The van der Waals surface area contributed by atoms with Gasteiger partial charge in [0.15, 0.2) is 11.5 Å². The Morgan fingerprint density at radius 2 is 2.00 bits per heavy atom. The maximum absolute atomic E-state index is 11.9. The van der Waals surface area contributed by atoms with E-state index in [0.29, 0.717) is 23.6 Å². The third-order valence-corrected chi connectivity index (χ3v) is 2.86. The molecule has 1 rings (SSSR count). The van der Waals surface area contributed by atoms with E-state index in [0.717, 1.165) is 12.8 Å². The lowest BCUT2D eigenvalue weighted by Crippen LogP contribution is -2.35. The molecule has 0 aliphatic carbocycles. The molecule has 106 valence electrons. The number of carbonyl (C=O) groups is 1. The smallest absolute Gasteiger partial charge is 0.241 e. The van der Waals surface area contributed by atoms with E-state index in [1.54, 1.807) is 32.4 Å². The number of rotatable bonds is 7. The highest BCUT2D eigenvalue weighted by atomic mass is 16.5. The number of ether oxygens (including phenoxy) is 2. The molecular formula is C14H22N2O3. The second-order valence-electron chi connectivity index (χ2n) is 4.31. The van der Waals surface area contributed by atoms with Crippen molar-refractivity contribution in [2.75, 3.05) is 19.5 Å². The fraction of sp³-hybridized carbons (Fsp3) is 0.500. The predicted molar refractivity (Wildman–Crippen MR) is 75.7 cm³/mol. The normalized spacial score (nSPS) is 11.8.